The number of rotatable bonds is 7. The number of sulfonamides is 1. The number of methoxy groups -OCH3 is 1. The summed E-state index contributed by atoms with van der Waals surface area (Å²) < 4.78 is 32.1. The highest BCUT2D eigenvalue weighted by molar-refractivity contribution is 7.89. The van der Waals surface area contributed by atoms with E-state index < -0.39 is 27.9 Å². The van der Waals surface area contributed by atoms with E-state index in [4.69, 9.17) is 22.1 Å². The van der Waals surface area contributed by atoms with Gasteiger partial charge < -0.3 is 15.8 Å². The number of carbonyl (C=O) groups is 2. The lowest BCUT2D eigenvalue weighted by Crippen LogP contribution is -2.42. The molecule has 0 fully saturated rings. The third-order valence-electron chi connectivity index (χ3n) is 3.61. The van der Waals surface area contributed by atoms with Gasteiger partial charge in [0, 0.05) is 0 Å². The fourth-order valence-corrected chi connectivity index (χ4v) is 3.56. The molecule has 0 spiro atoms. The predicted molar refractivity (Wildman–Crippen MR) is 101 cm³/mol. The molecule has 1 atom stereocenters. The van der Waals surface area contributed by atoms with Crippen molar-refractivity contribution >= 4 is 39.1 Å². The molecule has 0 aliphatic carbocycles. The van der Waals surface area contributed by atoms with Crippen molar-refractivity contribution < 1.29 is 22.7 Å². The minimum Gasteiger partial charge on any atom is -0.496 e. The van der Waals surface area contributed by atoms with Gasteiger partial charge in [-0.3, -0.25) is 9.59 Å². The third kappa shape index (κ3) is 4.97. The van der Waals surface area contributed by atoms with Gasteiger partial charge in [-0.05, 0) is 37.3 Å². The Labute approximate surface area is 161 Å². The second-order valence-corrected chi connectivity index (χ2v) is 7.66. The minimum absolute atomic E-state index is 0.0213. The molecule has 0 unspecified atom stereocenters. The first-order valence-electron chi connectivity index (χ1n) is 7.71. The number of ether oxygens (including phenoxy) is 1. The molecule has 0 aliphatic heterocycles. The number of nitrogens with two attached hydrogens (primary N) is 1. The second kappa shape index (κ2) is 8.38. The van der Waals surface area contributed by atoms with Crippen LogP contribution in [0.15, 0.2) is 47.4 Å². The van der Waals surface area contributed by atoms with E-state index in [-0.39, 0.29) is 16.2 Å². The van der Waals surface area contributed by atoms with E-state index in [2.05, 4.69) is 10.0 Å². The van der Waals surface area contributed by atoms with Crippen LogP contribution in [0.4, 0.5) is 5.69 Å². The summed E-state index contributed by atoms with van der Waals surface area (Å²) in [4.78, 5) is 23.5. The number of primary amides is 1. The van der Waals surface area contributed by atoms with E-state index in [1.54, 1.807) is 24.3 Å². The molecular formula is C17H18ClN3O5S. The number of para-hydroxylation sites is 1. The molecule has 8 nitrogen and oxygen atoms in total. The van der Waals surface area contributed by atoms with Gasteiger partial charge in [0.15, 0.2) is 0 Å². The second-order valence-electron chi connectivity index (χ2n) is 5.54. The Balaban J connectivity index is 2.39. The molecule has 27 heavy (non-hydrogen) atoms. The van der Waals surface area contributed by atoms with E-state index in [0.29, 0.717) is 10.7 Å². The summed E-state index contributed by atoms with van der Waals surface area (Å²) in [6.45, 7) is 1.31. The molecule has 0 bridgehead atoms. The molecule has 2 aromatic carbocycles. The fraction of sp³-hybridized carbons (Fsp3) is 0.176. The zero-order valence-corrected chi connectivity index (χ0v) is 16.1. The summed E-state index contributed by atoms with van der Waals surface area (Å²) in [6, 6.07) is 9.21. The minimum atomic E-state index is -4.08. The Morgan fingerprint density at radius 3 is 2.44 bits per heavy atom. The van der Waals surface area contributed by atoms with Gasteiger partial charge >= 0.3 is 0 Å². The molecule has 2 rings (SSSR count). The zero-order valence-electron chi connectivity index (χ0n) is 14.5. The Morgan fingerprint density at radius 1 is 1.19 bits per heavy atom. The normalized spacial score (nSPS) is 12.3. The van der Waals surface area contributed by atoms with Gasteiger partial charge in [-0.15, -0.1) is 0 Å². The SMILES string of the molecule is COc1ccc(S(=O)(=O)N[C@H](C)C(N)=O)cc1C(=O)Nc1ccccc1Cl. The van der Waals surface area contributed by atoms with E-state index in [9.17, 15) is 18.0 Å². The monoisotopic (exact) mass is 411 g/mol. The lowest BCUT2D eigenvalue weighted by atomic mass is 10.2. The van der Waals surface area contributed by atoms with Crippen LogP contribution < -0.4 is 20.5 Å². The molecule has 0 heterocycles. The third-order valence-corrected chi connectivity index (χ3v) is 5.47. The first-order valence-corrected chi connectivity index (χ1v) is 9.57. The van der Waals surface area contributed by atoms with Crippen LogP contribution in [-0.2, 0) is 14.8 Å². The summed E-state index contributed by atoms with van der Waals surface area (Å²) >= 11 is 6.02. The first kappa shape index (κ1) is 20.7. The quantitative estimate of drug-likeness (QED) is 0.639. The van der Waals surface area contributed by atoms with E-state index in [0.717, 1.165) is 6.07 Å². The lowest BCUT2D eigenvalue weighted by Gasteiger charge is -2.14. The summed E-state index contributed by atoms with van der Waals surface area (Å²) in [7, 11) is -2.73. The summed E-state index contributed by atoms with van der Waals surface area (Å²) in [5, 5.41) is 2.92. The average Bonchev–Trinajstić information content (AvgIpc) is 2.62. The predicted octanol–water partition coefficient (Wildman–Crippen LogP) is 1.75. The highest BCUT2D eigenvalue weighted by Crippen LogP contribution is 2.26. The van der Waals surface area contributed by atoms with Crippen LogP contribution in [0, 0.1) is 0 Å². The summed E-state index contributed by atoms with van der Waals surface area (Å²) in [5.74, 6) is -1.27. The first-order chi connectivity index (χ1) is 12.7. The van der Waals surface area contributed by atoms with Gasteiger partial charge in [0.05, 0.1) is 34.3 Å². The summed E-state index contributed by atoms with van der Waals surface area (Å²) in [5.41, 5.74) is 5.42. The molecule has 0 saturated carbocycles. The number of benzene rings is 2. The molecular weight excluding hydrogens is 394 g/mol. The van der Waals surface area contributed by atoms with Crippen LogP contribution in [-0.4, -0.2) is 33.4 Å². The van der Waals surface area contributed by atoms with Crippen LogP contribution in [0.5, 0.6) is 5.75 Å². The Bertz CT molecular complexity index is 978. The van der Waals surface area contributed by atoms with Crippen LogP contribution in [0.1, 0.15) is 17.3 Å². The molecule has 2 aromatic rings. The van der Waals surface area contributed by atoms with Crippen LogP contribution >= 0.6 is 11.6 Å². The Kier molecular flexibility index (Phi) is 6.42. The Hall–Kier alpha value is -2.62. The van der Waals surface area contributed by atoms with Crippen molar-refractivity contribution in [2.75, 3.05) is 12.4 Å². The Morgan fingerprint density at radius 2 is 1.85 bits per heavy atom. The van der Waals surface area contributed by atoms with Crippen LogP contribution in [0.25, 0.3) is 0 Å². The van der Waals surface area contributed by atoms with Crippen molar-refractivity contribution in [2.24, 2.45) is 5.73 Å². The molecule has 2 amide bonds. The molecule has 0 radical (unpaired) electrons. The topological polar surface area (TPSA) is 128 Å². The van der Waals surface area contributed by atoms with Gasteiger partial charge in [-0.25, -0.2) is 8.42 Å². The largest absolute Gasteiger partial charge is 0.496 e. The van der Waals surface area contributed by atoms with Crippen molar-refractivity contribution in [2.45, 2.75) is 17.9 Å². The smallest absolute Gasteiger partial charge is 0.259 e. The van der Waals surface area contributed by atoms with E-state index in [1.807, 2.05) is 0 Å². The number of anilines is 1. The maximum Gasteiger partial charge on any atom is 0.259 e. The van der Waals surface area contributed by atoms with E-state index >= 15 is 0 Å². The van der Waals surface area contributed by atoms with Crippen LogP contribution in [0.2, 0.25) is 5.02 Å². The standard InChI is InChI=1S/C17H18ClN3O5S/c1-10(16(19)22)21-27(24,25)11-7-8-15(26-2)12(9-11)17(23)20-14-6-4-3-5-13(14)18/h3-10,21H,1-2H3,(H2,19,22)(H,20,23)/t10-/m1/s1. The van der Waals surface area contributed by atoms with Crippen molar-refractivity contribution in [3.8, 4) is 5.75 Å². The van der Waals surface area contributed by atoms with Crippen molar-refractivity contribution in [3.05, 3.63) is 53.1 Å². The van der Waals surface area contributed by atoms with Crippen molar-refractivity contribution in [1.82, 2.24) is 4.72 Å². The number of amides is 2. The highest BCUT2D eigenvalue weighted by Gasteiger charge is 2.23. The zero-order chi connectivity index (χ0) is 20.2. The van der Waals surface area contributed by atoms with Gasteiger partial charge in [-0.1, -0.05) is 23.7 Å². The maximum absolute atomic E-state index is 12.6. The van der Waals surface area contributed by atoms with Gasteiger partial charge in [0.25, 0.3) is 5.91 Å². The number of hydrogen-bond acceptors (Lipinski definition) is 5. The number of hydrogen-bond donors (Lipinski definition) is 3. The highest BCUT2D eigenvalue weighted by atomic mass is 35.5. The molecule has 144 valence electrons. The number of nitrogens with one attached hydrogen (secondary N) is 2. The fourth-order valence-electron chi connectivity index (χ4n) is 2.14. The van der Waals surface area contributed by atoms with Crippen molar-refractivity contribution in [3.63, 3.8) is 0 Å². The number of carbonyl (C=O) groups excluding carboxylic acids is 2. The van der Waals surface area contributed by atoms with Gasteiger partial charge in [0.2, 0.25) is 15.9 Å². The van der Waals surface area contributed by atoms with E-state index in [1.165, 1.54) is 26.2 Å². The van der Waals surface area contributed by atoms with Crippen LogP contribution in [0.3, 0.4) is 0 Å². The molecule has 0 aliphatic rings. The molecule has 10 heteroatoms. The van der Waals surface area contributed by atoms with Gasteiger partial charge in [0.1, 0.15) is 5.75 Å². The molecule has 0 saturated heterocycles. The lowest BCUT2D eigenvalue weighted by molar-refractivity contribution is -0.119. The number of halogens is 1. The summed E-state index contributed by atoms with van der Waals surface area (Å²) in [6.07, 6.45) is 0. The average molecular weight is 412 g/mol. The molecule has 4 N–H and O–H groups in total. The molecule has 0 aromatic heterocycles. The van der Waals surface area contributed by atoms with Gasteiger partial charge in [-0.2, -0.15) is 4.72 Å². The van der Waals surface area contributed by atoms with Crippen molar-refractivity contribution in [1.29, 1.82) is 0 Å². The maximum atomic E-state index is 12.6.